The van der Waals surface area contributed by atoms with Crippen LogP contribution in [0.15, 0.2) is 24.3 Å². The van der Waals surface area contributed by atoms with Crippen LogP contribution in [0.25, 0.3) is 0 Å². The van der Waals surface area contributed by atoms with Crippen LogP contribution < -0.4 is 9.64 Å². The fourth-order valence-corrected chi connectivity index (χ4v) is 2.56. The second-order valence-corrected chi connectivity index (χ2v) is 6.58. The van der Waals surface area contributed by atoms with Crippen molar-refractivity contribution in [2.24, 2.45) is 5.92 Å². The first-order chi connectivity index (χ1) is 12.2. The number of carboxylic acids is 1. The van der Waals surface area contributed by atoms with Gasteiger partial charge in [-0.2, -0.15) is 0 Å². The predicted octanol–water partition coefficient (Wildman–Crippen LogP) is 1.57. The van der Waals surface area contributed by atoms with Crippen molar-refractivity contribution in [3.05, 3.63) is 24.3 Å². The molecule has 8 nitrogen and oxygen atoms in total. The molecule has 1 amide bonds. The van der Waals surface area contributed by atoms with E-state index in [4.69, 9.17) is 9.84 Å². The largest absolute Gasteiger partial charge is 0.482 e. The third-order valence-electron chi connectivity index (χ3n) is 3.25. The Bertz CT molecular complexity index is 660. The van der Waals surface area contributed by atoms with E-state index in [1.165, 1.54) is 38.3 Å². The summed E-state index contributed by atoms with van der Waals surface area (Å²) in [5.74, 6) is -1.97. The lowest BCUT2D eigenvalue weighted by Gasteiger charge is -2.24. The first-order valence-corrected chi connectivity index (χ1v) is 8.69. The van der Waals surface area contributed by atoms with E-state index in [0.717, 1.165) is 16.7 Å². The van der Waals surface area contributed by atoms with Crippen LogP contribution in [-0.2, 0) is 23.9 Å². The minimum absolute atomic E-state index is 0.110. The number of hydrogen-bond acceptors (Lipinski definition) is 7. The molecular formula is C17H21NO7S. The van der Waals surface area contributed by atoms with Gasteiger partial charge < -0.3 is 19.5 Å². The summed E-state index contributed by atoms with van der Waals surface area (Å²) >= 11 is 1.02. The SMILES string of the molecule is COC(=O)COc1ccc(N(CC(=O)O)C(=O)[C@H](C)CSC(C)=O)cc1. The quantitative estimate of drug-likeness (QED) is 0.640. The number of carbonyl (C=O) groups excluding carboxylic acids is 3. The van der Waals surface area contributed by atoms with Crippen molar-refractivity contribution < 1.29 is 33.8 Å². The minimum atomic E-state index is -1.16. The maximum Gasteiger partial charge on any atom is 0.343 e. The summed E-state index contributed by atoms with van der Waals surface area (Å²) in [6.07, 6.45) is 0. The van der Waals surface area contributed by atoms with E-state index in [1.54, 1.807) is 6.92 Å². The number of carbonyl (C=O) groups is 4. The number of rotatable bonds is 9. The van der Waals surface area contributed by atoms with Crippen molar-refractivity contribution in [3.8, 4) is 5.75 Å². The first-order valence-electron chi connectivity index (χ1n) is 7.70. The van der Waals surface area contributed by atoms with E-state index in [9.17, 15) is 19.2 Å². The van der Waals surface area contributed by atoms with Crippen molar-refractivity contribution >= 4 is 40.4 Å². The van der Waals surface area contributed by atoms with Gasteiger partial charge in [0.1, 0.15) is 12.3 Å². The topological polar surface area (TPSA) is 110 Å². The maximum atomic E-state index is 12.6. The molecule has 0 unspecified atom stereocenters. The standard InChI is InChI=1S/C17H21NO7S/c1-11(10-26-12(2)19)17(23)18(8-15(20)21)13-4-6-14(7-5-13)25-9-16(22)24-3/h4-7,11H,8-10H2,1-3H3,(H,20,21)/t11-/m1/s1. The number of aliphatic carboxylic acids is 1. The van der Waals surface area contributed by atoms with Gasteiger partial charge >= 0.3 is 11.9 Å². The van der Waals surface area contributed by atoms with E-state index in [2.05, 4.69) is 4.74 Å². The molecule has 0 fully saturated rings. The number of ether oxygens (including phenoxy) is 2. The number of hydrogen-bond donors (Lipinski definition) is 1. The van der Waals surface area contributed by atoms with Crippen LogP contribution in [0.2, 0.25) is 0 Å². The zero-order valence-electron chi connectivity index (χ0n) is 14.8. The molecule has 9 heteroatoms. The summed E-state index contributed by atoms with van der Waals surface area (Å²) < 4.78 is 9.68. The van der Waals surface area contributed by atoms with Gasteiger partial charge in [0.05, 0.1) is 7.11 Å². The zero-order valence-corrected chi connectivity index (χ0v) is 15.6. The van der Waals surface area contributed by atoms with Gasteiger partial charge in [0, 0.05) is 24.3 Å². The van der Waals surface area contributed by atoms with Crippen LogP contribution >= 0.6 is 11.8 Å². The molecule has 0 saturated heterocycles. The molecule has 142 valence electrons. The number of anilines is 1. The molecule has 0 bridgehead atoms. The van der Waals surface area contributed by atoms with Crippen molar-refractivity contribution in [2.45, 2.75) is 13.8 Å². The molecule has 1 atom stereocenters. The minimum Gasteiger partial charge on any atom is -0.482 e. The molecular weight excluding hydrogens is 362 g/mol. The zero-order chi connectivity index (χ0) is 19.7. The molecule has 0 aliphatic rings. The van der Waals surface area contributed by atoms with Gasteiger partial charge in [0.2, 0.25) is 5.91 Å². The Kier molecular flexibility index (Phi) is 8.63. The maximum absolute atomic E-state index is 12.6. The van der Waals surface area contributed by atoms with Gasteiger partial charge in [-0.1, -0.05) is 18.7 Å². The Labute approximate surface area is 155 Å². The van der Waals surface area contributed by atoms with E-state index in [-0.39, 0.29) is 17.5 Å². The molecule has 1 rings (SSSR count). The Hall–Kier alpha value is -2.55. The number of thioether (sulfide) groups is 1. The molecule has 0 radical (unpaired) electrons. The van der Waals surface area contributed by atoms with Gasteiger partial charge in [0.25, 0.3) is 0 Å². The summed E-state index contributed by atoms with van der Waals surface area (Å²) in [5, 5.41) is 8.98. The van der Waals surface area contributed by atoms with Crippen molar-refractivity contribution in [2.75, 3.05) is 30.9 Å². The van der Waals surface area contributed by atoms with Crippen LogP contribution in [0.3, 0.4) is 0 Å². The third-order valence-corrected chi connectivity index (χ3v) is 4.32. The molecule has 1 N–H and O–H groups in total. The lowest BCUT2D eigenvalue weighted by Crippen LogP contribution is -2.39. The van der Waals surface area contributed by atoms with Crippen LogP contribution in [0.1, 0.15) is 13.8 Å². The normalized spacial score (nSPS) is 11.3. The number of nitrogens with zero attached hydrogens (tertiary/aromatic N) is 1. The smallest absolute Gasteiger partial charge is 0.343 e. The average molecular weight is 383 g/mol. The second-order valence-electron chi connectivity index (χ2n) is 5.38. The second kappa shape index (κ2) is 10.4. The summed E-state index contributed by atoms with van der Waals surface area (Å²) in [6, 6.07) is 6.10. The molecule has 1 aromatic carbocycles. The predicted molar refractivity (Wildman–Crippen MR) is 96.2 cm³/mol. The van der Waals surface area contributed by atoms with E-state index >= 15 is 0 Å². The average Bonchev–Trinajstić information content (AvgIpc) is 2.61. The number of esters is 1. The van der Waals surface area contributed by atoms with Crippen molar-refractivity contribution in [3.63, 3.8) is 0 Å². The number of amides is 1. The molecule has 0 heterocycles. The molecule has 0 saturated carbocycles. The summed E-state index contributed by atoms with van der Waals surface area (Å²) in [5.41, 5.74) is 0.377. The Morgan fingerprint density at radius 3 is 2.31 bits per heavy atom. The number of carboxylic acid groups (broad SMARTS) is 1. The van der Waals surface area contributed by atoms with Crippen LogP contribution in [0.4, 0.5) is 5.69 Å². The monoisotopic (exact) mass is 383 g/mol. The molecule has 0 aliphatic carbocycles. The third kappa shape index (κ3) is 7.14. The van der Waals surface area contributed by atoms with Gasteiger partial charge in [-0.05, 0) is 24.3 Å². The lowest BCUT2D eigenvalue weighted by molar-refractivity contribution is -0.143. The number of benzene rings is 1. The highest BCUT2D eigenvalue weighted by atomic mass is 32.2. The van der Waals surface area contributed by atoms with Crippen molar-refractivity contribution in [1.29, 1.82) is 0 Å². The van der Waals surface area contributed by atoms with Crippen LogP contribution in [-0.4, -0.2) is 54.1 Å². The van der Waals surface area contributed by atoms with E-state index in [1.807, 2.05) is 0 Å². The van der Waals surface area contributed by atoms with Gasteiger partial charge in [-0.3, -0.25) is 14.4 Å². The van der Waals surface area contributed by atoms with Gasteiger partial charge in [-0.15, -0.1) is 0 Å². The lowest BCUT2D eigenvalue weighted by atomic mass is 10.1. The summed E-state index contributed by atoms with van der Waals surface area (Å²) in [4.78, 5) is 47.0. The first kappa shape index (κ1) is 21.5. The Morgan fingerprint density at radius 2 is 1.81 bits per heavy atom. The molecule has 0 aromatic heterocycles. The van der Waals surface area contributed by atoms with Crippen LogP contribution in [0, 0.1) is 5.92 Å². The van der Waals surface area contributed by atoms with E-state index in [0.29, 0.717) is 11.4 Å². The molecule has 26 heavy (non-hydrogen) atoms. The van der Waals surface area contributed by atoms with Crippen LogP contribution in [0.5, 0.6) is 5.75 Å². The van der Waals surface area contributed by atoms with E-state index < -0.39 is 30.3 Å². The highest BCUT2D eigenvalue weighted by Crippen LogP contribution is 2.22. The highest BCUT2D eigenvalue weighted by Gasteiger charge is 2.24. The van der Waals surface area contributed by atoms with Gasteiger partial charge in [-0.25, -0.2) is 4.79 Å². The molecule has 1 aromatic rings. The highest BCUT2D eigenvalue weighted by molar-refractivity contribution is 8.13. The summed E-state index contributed by atoms with van der Waals surface area (Å²) in [6.45, 7) is 2.29. The van der Waals surface area contributed by atoms with Gasteiger partial charge in [0.15, 0.2) is 11.7 Å². The van der Waals surface area contributed by atoms with Crippen molar-refractivity contribution in [1.82, 2.24) is 0 Å². The molecule has 0 aliphatic heterocycles. The fourth-order valence-electron chi connectivity index (χ4n) is 1.93. The Balaban J connectivity index is 2.87. The number of methoxy groups -OCH3 is 1. The Morgan fingerprint density at radius 1 is 1.19 bits per heavy atom. The molecule has 0 spiro atoms. The fraction of sp³-hybridized carbons (Fsp3) is 0.412. The summed E-state index contributed by atoms with van der Waals surface area (Å²) in [7, 11) is 1.25.